The monoisotopic (exact) mass is 235 g/mol. The third-order valence-corrected chi connectivity index (χ3v) is 1.90. The Hall–Kier alpha value is -1.18. The molecule has 0 heterocycles. The van der Waals surface area contributed by atoms with E-state index >= 15 is 0 Å². The predicted octanol–water partition coefficient (Wildman–Crippen LogP) is -1.53. The van der Waals surface area contributed by atoms with Crippen LogP contribution < -0.4 is 5.73 Å². The van der Waals surface area contributed by atoms with Crippen LogP contribution in [0.3, 0.4) is 0 Å². The fourth-order valence-electron chi connectivity index (χ4n) is 0.869. The molecule has 0 spiro atoms. The highest BCUT2D eigenvalue weighted by atomic mass is 16.5. The van der Waals surface area contributed by atoms with Crippen LogP contribution in [0.5, 0.6) is 0 Å². The van der Waals surface area contributed by atoms with E-state index in [4.69, 9.17) is 21.1 Å². The van der Waals surface area contributed by atoms with Crippen molar-refractivity contribution in [3.63, 3.8) is 0 Å². The molecule has 0 saturated heterocycles. The van der Waals surface area contributed by atoms with Crippen LogP contribution in [-0.2, 0) is 14.3 Å². The summed E-state index contributed by atoms with van der Waals surface area (Å²) in [5.74, 6) is -1.73. The number of carboxylic acids is 1. The highest BCUT2D eigenvalue weighted by Gasteiger charge is 2.14. The number of esters is 1. The first kappa shape index (κ1) is 14.8. The Bertz CT molecular complexity index is 232. The van der Waals surface area contributed by atoms with Crippen LogP contribution in [0.4, 0.5) is 0 Å². The molecule has 0 aliphatic rings. The number of nitrogens with two attached hydrogens (primary N) is 1. The number of aliphatic carboxylic acids is 1. The molecule has 1 unspecified atom stereocenters. The number of carbonyl (C=O) groups excluding carboxylic acids is 1. The highest BCUT2D eigenvalue weighted by molar-refractivity contribution is 5.75. The standard InChI is InChI=1S/C9H17NO6/c10-7(9(14)15)1-2-8(13)16-4-3-6(12)5-11/h6-7,11-12H,1-5,10H2,(H,14,15)/t6?,7-/m0/s1. The summed E-state index contributed by atoms with van der Waals surface area (Å²) >= 11 is 0. The van der Waals surface area contributed by atoms with Gasteiger partial charge in [-0.2, -0.15) is 0 Å². The Kier molecular flexibility index (Phi) is 7.44. The molecule has 0 bridgehead atoms. The summed E-state index contributed by atoms with van der Waals surface area (Å²) in [5.41, 5.74) is 5.18. The quantitative estimate of drug-likeness (QED) is 0.375. The van der Waals surface area contributed by atoms with E-state index in [2.05, 4.69) is 4.74 Å². The molecule has 0 aliphatic heterocycles. The number of rotatable bonds is 8. The van der Waals surface area contributed by atoms with Gasteiger partial charge in [-0.1, -0.05) is 0 Å². The zero-order chi connectivity index (χ0) is 12.6. The van der Waals surface area contributed by atoms with Crippen LogP contribution in [0.2, 0.25) is 0 Å². The Morgan fingerprint density at radius 3 is 2.44 bits per heavy atom. The van der Waals surface area contributed by atoms with Gasteiger partial charge in [-0.25, -0.2) is 0 Å². The molecule has 0 rings (SSSR count). The summed E-state index contributed by atoms with van der Waals surface area (Å²) in [6, 6.07) is -1.07. The van der Waals surface area contributed by atoms with Crippen LogP contribution in [0.25, 0.3) is 0 Å². The lowest BCUT2D eigenvalue weighted by molar-refractivity contribution is -0.145. The van der Waals surface area contributed by atoms with E-state index in [1.165, 1.54) is 0 Å². The van der Waals surface area contributed by atoms with Gasteiger partial charge in [-0.15, -0.1) is 0 Å². The summed E-state index contributed by atoms with van der Waals surface area (Å²) in [6.45, 7) is -0.399. The molecule has 0 aromatic rings. The molecule has 16 heavy (non-hydrogen) atoms. The summed E-state index contributed by atoms with van der Waals surface area (Å²) in [5, 5.41) is 25.8. The lowest BCUT2D eigenvalue weighted by Crippen LogP contribution is -2.30. The van der Waals surface area contributed by atoms with Gasteiger partial charge in [0.2, 0.25) is 0 Å². The van der Waals surface area contributed by atoms with Crippen molar-refractivity contribution >= 4 is 11.9 Å². The number of aliphatic hydroxyl groups excluding tert-OH is 2. The van der Waals surface area contributed by atoms with Crippen molar-refractivity contribution in [3.8, 4) is 0 Å². The second kappa shape index (κ2) is 8.03. The van der Waals surface area contributed by atoms with Crippen LogP contribution in [0.1, 0.15) is 19.3 Å². The van der Waals surface area contributed by atoms with Crippen molar-refractivity contribution in [2.45, 2.75) is 31.4 Å². The van der Waals surface area contributed by atoms with E-state index in [0.29, 0.717) is 0 Å². The number of ether oxygens (including phenoxy) is 1. The van der Waals surface area contributed by atoms with E-state index < -0.39 is 24.1 Å². The molecule has 94 valence electrons. The first-order valence-corrected chi connectivity index (χ1v) is 4.90. The molecule has 0 aliphatic carbocycles. The molecule has 0 amide bonds. The number of carbonyl (C=O) groups is 2. The van der Waals surface area contributed by atoms with E-state index in [-0.39, 0.29) is 32.5 Å². The minimum atomic E-state index is -1.16. The molecule has 7 heteroatoms. The van der Waals surface area contributed by atoms with Crippen LogP contribution in [0, 0.1) is 0 Å². The predicted molar refractivity (Wildman–Crippen MR) is 53.5 cm³/mol. The van der Waals surface area contributed by atoms with E-state index in [1.807, 2.05) is 0 Å². The first-order chi connectivity index (χ1) is 7.47. The van der Waals surface area contributed by atoms with E-state index in [9.17, 15) is 9.59 Å². The largest absolute Gasteiger partial charge is 0.480 e. The normalized spacial score (nSPS) is 14.2. The van der Waals surface area contributed by atoms with E-state index in [1.54, 1.807) is 0 Å². The minimum Gasteiger partial charge on any atom is -0.480 e. The van der Waals surface area contributed by atoms with E-state index in [0.717, 1.165) is 0 Å². The Balaban J connectivity index is 3.56. The number of hydrogen-bond acceptors (Lipinski definition) is 6. The zero-order valence-corrected chi connectivity index (χ0v) is 8.83. The molecule has 0 saturated carbocycles. The highest BCUT2D eigenvalue weighted by Crippen LogP contribution is 1.99. The van der Waals surface area contributed by atoms with Gasteiger partial charge in [0.15, 0.2) is 0 Å². The SMILES string of the molecule is N[C@@H](CCC(=O)OCCC(O)CO)C(=O)O. The fraction of sp³-hybridized carbons (Fsp3) is 0.778. The van der Waals surface area contributed by atoms with Gasteiger partial charge >= 0.3 is 11.9 Å². The van der Waals surface area contributed by atoms with Gasteiger partial charge in [-0.05, 0) is 6.42 Å². The molecule has 0 radical (unpaired) electrons. The van der Waals surface area contributed by atoms with Crippen molar-refractivity contribution in [1.29, 1.82) is 0 Å². The van der Waals surface area contributed by atoms with Crippen LogP contribution in [0.15, 0.2) is 0 Å². The maximum absolute atomic E-state index is 11.0. The second-order valence-electron chi connectivity index (χ2n) is 3.33. The summed E-state index contributed by atoms with van der Waals surface area (Å²) in [4.78, 5) is 21.3. The minimum absolute atomic E-state index is 0.0106. The molecule has 5 N–H and O–H groups in total. The average molecular weight is 235 g/mol. The average Bonchev–Trinajstić information content (AvgIpc) is 2.25. The van der Waals surface area contributed by atoms with Gasteiger partial charge in [0.1, 0.15) is 6.04 Å². The second-order valence-corrected chi connectivity index (χ2v) is 3.33. The summed E-state index contributed by atoms with van der Waals surface area (Å²) in [7, 11) is 0. The Morgan fingerprint density at radius 2 is 1.94 bits per heavy atom. The van der Waals surface area contributed by atoms with Gasteiger partial charge in [0.05, 0.1) is 19.3 Å². The lowest BCUT2D eigenvalue weighted by atomic mass is 10.2. The van der Waals surface area contributed by atoms with Crippen molar-refractivity contribution < 1.29 is 29.6 Å². The third-order valence-electron chi connectivity index (χ3n) is 1.90. The Labute approximate surface area is 92.8 Å². The number of carboxylic acid groups (broad SMARTS) is 1. The van der Waals surface area contributed by atoms with Gasteiger partial charge < -0.3 is 25.8 Å². The maximum Gasteiger partial charge on any atom is 0.320 e. The van der Waals surface area contributed by atoms with Crippen LogP contribution in [-0.4, -0.2) is 52.6 Å². The topological polar surface area (TPSA) is 130 Å². The summed E-state index contributed by atoms with van der Waals surface area (Å²) in [6.07, 6.45) is -0.832. The molecule has 7 nitrogen and oxygen atoms in total. The smallest absolute Gasteiger partial charge is 0.320 e. The third kappa shape index (κ3) is 7.16. The van der Waals surface area contributed by atoms with Crippen molar-refractivity contribution in [3.05, 3.63) is 0 Å². The fourth-order valence-corrected chi connectivity index (χ4v) is 0.869. The summed E-state index contributed by atoms with van der Waals surface area (Å²) < 4.78 is 4.69. The van der Waals surface area contributed by atoms with Crippen LogP contribution >= 0.6 is 0 Å². The van der Waals surface area contributed by atoms with Gasteiger partial charge in [0.25, 0.3) is 0 Å². The zero-order valence-electron chi connectivity index (χ0n) is 8.83. The first-order valence-electron chi connectivity index (χ1n) is 4.90. The van der Waals surface area contributed by atoms with Crippen molar-refractivity contribution in [1.82, 2.24) is 0 Å². The van der Waals surface area contributed by atoms with Crippen molar-refractivity contribution in [2.24, 2.45) is 5.73 Å². The van der Waals surface area contributed by atoms with Gasteiger partial charge in [0, 0.05) is 12.8 Å². The van der Waals surface area contributed by atoms with Crippen molar-refractivity contribution in [2.75, 3.05) is 13.2 Å². The van der Waals surface area contributed by atoms with Gasteiger partial charge in [-0.3, -0.25) is 9.59 Å². The molecular weight excluding hydrogens is 218 g/mol. The lowest BCUT2D eigenvalue weighted by Gasteiger charge is -2.09. The molecular formula is C9H17NO6. The Morgan fingerprint density at radius 1 is 1.31 bits per heavy atom. The molecule has 0 aromatic heterocycles. The maximum atomic E-state index is 11.0. The molecule has 2 atom stereocenters. The molecule has 0 aromatic carbocycles. The number of hydrogen-bond donors (Lipinski definition) is 4. The number of aliphatic hydroxyl groups is 2. The molecule has 0 fully saturated rings.